The van der Waals surface area contributed by atoms with Crippen LogP contribution in [0.15, 0.2) is 60.8 Å². The number of pyridine rings is 1. The first kappa shape index (κ1) is 18.6. The molecule has 0 aliphatic rings. The topological polar surface area (TPSA) is 68.3 Å². The fourth-order valence-electron chi connectivity index (χ4n) is 2.69. The number of rotatable bonds is 8. The minimum absolute atomic E-state index is 0.0659. The lowest BCUT2D eigenvalue weighted by Gasteiger charge is -2.07. The second-order valence-electron chi connectivity index (χ2n) is 6.26. The van der Waals surface area contributed by atoms with Crippen molar-refractivity contribution in [1.82, 2.24) is 4.98 Å². The van der Waals surface area contributed by atoms with E-state index in [2.05, 4.69) is 10.3 Å². The standard InChI is InChI=1S/C22H22N2O3/c1-2-13-27-19-9-7-16(8-10-19)21(25)11-12-22(26)24-18-14-17-5-3-4-6-20(17)23-15-18/h3-10,14-15H,2,11-13H2,1H3,(H,24,26). The summed E-state index contributed by atoms with van der Waals surface area (Å²) in [6, 6.07) is 16.6. The van der Waals surface area contributed by atoms with Crippen LogP contribution < -0.4 is 10.1 Å². The molecule has 1 amide bonds. The Labute approximate surface area is 158 Å². The van der Waals surface area contributed by atoms with Crippen molar-refractivity contribution in [2.45, 2.75) is 26.2 Å². The highest BCUT2D eigenvalue weighted by atomic mass is 16.5. The molecule has 0 unspecified atom stereocenters. The summed E-state index contributed by atoms with van der Waals surface area (Å²) in [7, 11) is 0. The number of benzene rings is 2. The number of para-hydroxylation sites is 1. The van der Waals surface area contributed by atoms with Crippen LogP contribution in [0.5, 0.6) is 5.75 Å². The molecule has 5 nitrogen and oxygen atoms in total. The highest BCUT2D eigenvalue weighted by molar-refractivity contribution is 6.00. The summed E-state index contributed by atoms with van der Waals surface area (Å²) in [6.07, 6.45) is 2.83. The van der Waals surface area contributed by atoms with Gasteiger partial charge in [-0.1, -0.05) is 25.1 Å². The van der Waals surface area contributed by atoms with Gasteiger partial charge in [-0.05, 0) is 42.8 Å². The predicted octanol–water partition coefficient (Wildman–Crippen LogP) is 4.63. The van der Waals surface area contributed by atoms with Crippen molar-refractivity contribution in [1.29, 1.82) is 0 Å². The molecule has 5 heteroatoms. The molecule has 1 heterocycles. The Kier molecular flexibility index (Phi) is 6.15. The third-order valence-electron chi connectivity index (χ3n) is 4.10. The molecule has 0 atom stereocenters. The van der Waals surface area contributed by atoms with Crippen molar-refractivity contribution < 1.29 is 14.3 Å². The van der Waals surface area contributed by atoms with E-state index < -0.39 is 0 Å². The zero-order valence-corrected chi connectivity index (χ0v) is 15.3. The van der Waals surface area contributed by atoms with E-state index in [0.717, 1.165) is 23.1 Å². The third-order valence-corrected chi connectivity index (χ3v) is 4.10. The third kappa shape index (κ3) is 5.14. The molecule has 0 aliphatic heterocycles. The van der Waals surface area contributed by atoms with E-state index in [9.17, 15) is 9.59 Å². The van der Waals surface area contributed by atoms with E-state index in [1.165, 1.54) is 0 Å². The second kappa shape index (κ2) is 8.94. The smallest absolute Gasteiger partial charge is 0.224 e. The summed E-state index contributed by atoms with van der Waals surface area (Å²) in [5.41, 5.74) is 2.08. The SMILES string of the molecule is CCCOc1ccc(C(=O)CCC(=O)Nc2cnc3ccccc3c2)cc1. The molecule has 3 aromatic rings. The molecule has 2 aromatic carbocycles. The van der Waals surface area contributed by atoms with Crippen LogP contribution in [0.4, 0.5) is 5.69 Å². The molecule has 3 rings (SSSR count). The van der Waals surface area contributed by atoms with Crippen LogP contribution in [0.1, 0.15) is 36.5 Å². The largest absolute Gasteiger partial charge is 0.494 e. The number of Topliss-reactive ketones (excluding diaryl/α,β-unsaturated/α-hetero) is 1. The molecule has 0 radical (unpaired) electrons. The van der Waals surface area contributed by atoms with Gasteiger partial charge in [0.1, 0.15) is 5.75 Å². The lowest BCUT2D eigenvalue weighted by molar-refractivity contribution is -0.116. The number of ketones is 1. The van der Waals surface area contributed by atoms with E-state index in [0.29, 0.717) is 17.9 Å². The number of amides is 1. The van der Waals surface area contributed by atoms with E-state index >= 15 is 0 Å². The maximum atomic E-state index is 12.3. The molecule has 0 fully saturated rings. The van der Waals surface area contributed by atoms with Gasteiger partial charge in [0, 0.05) is 23.8 Å². The summed E-state index contributed by atoms with van der Waals surface area (Å²) < 4.78 is 5.50. The Balaban J connectivity index is 1.52. The molecule has 0 spiro atoms. The first-order valence-electron chi connectivity index (χ1n) is 9.06. The average molecular weight is 362 g/mol. The van der Waals surface area contributed by atoms with Gasteiger partial charge in [-0.25, -0.2) is 0 Å². The maximum Gasteiger partial charge on any atom is 0.224 e. The van der Waals surface area contributed by atoms with Crippen LogP contribution in [-0.2, 0) is 4.79 Å². The van der Waals surface area contributed by atoms with Crippen molar-refractivity contribution in [2.24, 2.45) is 0 Å². The minimum atomic E-state index is -0.205. The lowest BCUT2D eigenvalue weighted by Crippen LogP contribution is -2.13. The van der Waals surface area contributed by atoms with E-state index in [4.69, 9.17) is 4.74 Å². The van der Waals surface area contributed by atoms with Crippen LogP contribution in [0.2, 0.25) is 0 Å². The molecule has 0 saturated heterocycles. The molecular weight excluding hydrogens is 340 g/mol. The normalized spacial score (nSPS) is 10.6. The van der Waals surface area contributed by atoms with E-state index in [-0.39, 0.29) is 24.5 Å². The summed E-state index contributed by atoms with van der Waals surface area (Å²) in [5, 5.41) is 3.75. The van der Waals surface area contributed by atoms with Crippen LogP contribution in [-0.4, -0.2) is 23.3 Å². The van der Waals surface area contributed by atoms with Gasteiger partial charge in [-0.2, -0.15) is 0 Å². The monoisotopic (exact) mass is 362 g/mol. The molecule has 0 saturated carbocycles. The molecule has 138 valence electrons. The number of nitrogens with zero attached hydrogens (tertiary/aromatic N) is 1. The molecule has 0 bridgehead atoms. The number of ether oxygens (including phenoxy) is 1. The molecule has 1 aromatic heterocycles. The number of hydrogen-bond donors (Lipinski definition) is 1. The molecule has 27 heavy (non-hydrogen) atoms. The number of carbonyl (C=O) groups is 2. The Morgan fingerprint density at radius 3 is 2.59 bits per heavy atom. The van der Waals surface area contributed by atoms with Crippen molar-refractivity contribution in [3.05, 3.63) is 66.4 Å². The summed E-state index contributed by atoms with van der Waals surface area (Å²) in [6.45, 7) is 2.69. The highest BCUT2D eigenvalue weighted by Gasteiger charge is 2.10. The molecule has 1 N–H and O–H groups in total. The van der Waals surface area contributed by atoms with Gasteiger partial charge in [0.05, 0.1) is 24.0 Å². The van der Waals surface area contributed by atoms with Gasteiger partial charge in [-0.3, -0.25) is 14.6 Å². The van der Waals surface area contributed by atoms with Gasteiger partial charge < -0.3 is 10.1 Å². The zero-order valence-electron chi connectivity index (χ0n) is 15.3. The Morgan fingerprint density at radius 1 is 1.04 bits per heavy atom. The Hall–Kier alpha value is -3.21. The van der Waals surface area contributed by atoms with Crippen molar-refractivity contribution in [3.8, 4) is 5.75 Å². The van der Waals surface area contributed by atoms with Gasteiger partial charge >= 0.3 is 0 Å². The average Bonchev–Trinajstić information content (AvgIpc) is 2.70. The van der Waals surface area contributed by atoms with Crippen LogP contribution in [0.3, 0.4) is 0 Å². The van der Waals surface area contributed by atoms with Gasteiger partial charge in [0.15, 0.2) is 5.78 Å². The van der Waals surface area contributed by atoms with Crippen LogP contribution in [0, 0.1) is 0 Å². The number of hydrogen-bond acceptors (Lipinski definition) is 4. The quantitative estimate of drug-likeness (QED) is 0.594. The zero-order chi connectivity index (χ0) is 19.1. The van der Waals surface area contributed by atoms with Crippen molar-refractivity contribution in [3.63, 3.8) is 0 Å². The minimum Gasteiger partial charge on any atom is -0.494 e. The van der Waals surface area contributed by atoms with Crippen LogP contribution in [0.25, 0.3) is 10.9 Å². The van der Waals surface area contributed by atoms with Crippen LogP contribution >= 0.6 is 0 Å². The Morgan fingerprint density at radius 2 is 1.81 bits per heavy atom. The first-order chi connectivity index (χ1) is 13.2. The summed E-state index contributed by atoms with van der Waals surface area (Å²) in [4.78, 5) is 28.7. The van der Waals surface area contributed by atoms with E-state index in [1.54, 1.807) is 30.5 Å². The second-order valence-corrected chi connectivity index (χ2v) is 6.26. The van der Waals surface area contributed by atoms with E-state index in [1.807, 2.05) is 37.3 Å². The van der Waals surface area contributed by atoms with Crippen molar-refractivity contribution >= 4 is 28.3 Å². The predicted molar refractivity (Wildman–Crippen MR) is 106 cm³/mol. The number of anilines is 1. The maximum absolute atomic E-state index is 12.3. The molecular formula is C22H22N2O3. The van der Waals surface area contributed by atoms with Gasteiger partial charge in [0.25, 0.3) is 0 Å². The van der Waals surface area contributed by atoms with Gasteiger partial charge in [0.2, 0.25) is 5.91 Å². The number of aromatic nitrogens is 1. The van der Waals surface area contributed by atoms with Crippen molar-refractivity contribution in [2.75, 3.05) is 11.9 Å². The number of carbonyl (C=O) groups excluding carboxylic acids is 2. The van der Waals surface area contributed by atoms with Gasteiger partial charge in [-0.15, -0.1) is 0 Å². The summed E-state index contributed by atoms with van der Waals surface area (Å²) >= 11 is 0. The molecule has 0 aliphatic carbocycles. The fourth-order valence-corrected chi connectivity index (χ4v) is 2.69. The first-order valence-corrected chi connectivity index (χ1v) is 9.06. The number of nitrogens with one attached hydrogen (secondary N) is 1. The lowest BCUT2D eigenvalue weighted by atomic mass is 10.1. The Bertz CT molecular complexity index is 936. The number of fused-ring (bicyclic) bond motifs is 1. The highest BCUT2D eigenvalue weighted by Crippen LogP contribution is 2.17. The fraction of sp³-hybridized carbons (Fsp3) is 0.227. The summed E-state index contributed by atoms with van der Waals surface area (Å²) in [5.74, 6) is 0.474.